The van der Waals surface area contributed by atoms with Crippen LogP contribution in [0.5, 0.6) is 0 Å². The molecule has 2 rings (SSSR count). The first kappa shape index (κ1) is 14.3. The summed E-state index contributed by atoms with van der Waals surface area (Å²) >= 11 is 1.51. The highest BCUT2D eigenvalue weighted by atomic mass is 32.2. The number of benzene rings is 1. The van der Waals surface area contributed by atoms with Gasteiger partial charge >= 0.3 is 0 Å². The quantitative estimate of drug-likeness (QED) is 0.785. The molecule has 2 unspecified atom stereocenters. The van der Waals surface area contributed by atoms with Gasteiger partial charge in [-0.2, -0.15) is 0 Å². The molecule has 0 spiro atoms. The third kappa shape index (κ3) is 4.16. The number of anilines is 1. The minimum absolute atomic E-state index is 0.272. The number of amides is 1. The molecular formula is C15H22N2OS. The fourth-order valence-electron chi connectivity index (χ4n) is 2.66. The van der Waals surface area contributed by atoms with E-state index in [4.69, 9.17) is 5.73 Å². The number of thioether (sulfide) groups is 1. The van der Waals surface area contributed by atoms with Crippen LogP contribution in [0, 0.1) is 5.92 Å². The second kappa shape index (κ2) is 6.85. The molecule has 104 valence electrons. The van der Waals surface area contributed by atoms with E-state index in [1.807, 2.05) is 18.2 Å². The van der Waals surface area contributed by atoms with Crippen molar-refractivity contribution in [2.75, 3.05) is 11.1 Å². The van der Waals surface area contributed by atoms with E-state index in [0.717, 1.165) is 16.5 Å². The van der Waals surface area contributed by atoms with Crippen LogP contribution in [0.2, 0.25) is 0 Å². The van der Waals surface area contributed by atoms with E-state index in [2.05, 4.69) is 18.3 Å². The zero-order chi connectivity index (χ0) is 13.7. The summed E-state index contributed by atoms with van der Waals surface area (Å²) < 4.78 is 0. The minimum atomic E-state index is -0.272. The molecule has 3 nitrogen and oxygen atoms in total. The highest BCUT2D eigenvalue weighted by Crippen LogP contribution is 2.33. The van der Waals surface area contributed by atoms with Crippen molar-refractivity contribution in [2.24, 2.45) is 11.7 Å². The maximum Gasteiger partial charge on any atom is 0.227 e. The number of rotatable bonds is 6. The van der Waals surface area contributed by atoms with Crippen molar-refractivity contribution in [3.8, 4) is 0 Å². The summed E-state index contributed by atoms with van der Waals surface area (Å²) in [5.41, 5.74) is 6.34. The Hall–Kier alpha value is -1.16. The standard InChI is InChI=1S/C15H22N2OS/c1-2-11-7-8-12(9-11)17-13-5-3-4-6-14(13)19-10-15(16)18/h3-6,11-12,17H,2,7-10H2,1H3,(H2,16,18). The van der Waals surface area contributed by atoms with Gasteiger partial charge in [0.1, 0.15) is 0 Å². The predicted molar refractivity (Wildman–Crippen MR) is 81.4 cm³/mol. The van der Waals surface area contributed by atoms with Crippen LogP contribution in [0.15, 0.2) is 29.2 Å². The number of carbonyl (C=O) groups is 1. The van der Waals surface area contributed by atoms with Gasteiger partial charge in [0.2, 0.25) is 5.91 Å². The van der Waals surface area contributed by atoms with Crippen LogP contribution >= 0.6 is 11.8 Å². The minimum Gasteiger partial charge on any atom is -0.381 e. The fraction of sp³-hybridized carbons (Fsp3) is 0.533. The summed E-state index contributed by atoms with van der Waals surface area (Å²) in [5.74, 6) is 0.927. The van der Waals surface area contributed by atoms with E-state index >= 15 is 0 Å². The molecular weight excluding hydrogens is 256 g/mol. The molecule has 2 atom stereocenters. The first-order chi connectivity index (χ1) is 9.19. The number of nitrogens with two attached hydrogens (primary N) is 1. The lowest BCUT2D eigenvalue weighted by Crippen LogP contribution is -2.16. The van der Waals surface area contributed by atoms with Crippen LogP contribution in [0.3, 0.4) is 0 Å². The highest BCUT2D eigenvalue weighted by molar-refractivity contribution is 8.00. The van der Waals surface area contributed by atoms with Crippen LogP contribution < -0.4 is 11.1 Å². The number of carbonyl (C=O) groups excluding carboxylic acids is 1. The van der Waals surface area contributed by atoms with Gasteiger partial charge in [0.25, 0.3) is 0 Å². The van der Waals surface area contributed by atoms with Crippen molar-refractivity contribution in [2.45, 2.75) is 43.5 Å². The molecule has 19 heavy (non-hydrogen) atoms. The normalized spacial score (nSPS) is 22.4. The summed E-state index contributed by atoms with van der Waals surface area (Å²) in [7, 11) is 0. The number of hydrogen-bond donors (Lipinski definition) is 2. The summed E-state index contributed by atoms with van der Waals surface area (Å²) in [6.07, 6.45) is 5.10. The van der Waals surface area contributed by atoms with Crippen LogP contribution in [-0.2, 0) is 4.79 Å². The Kier molecular flexibility index (Phi) is 5.14. The molecule has 3 N–H and O–H groups in total. The number of nitrogens with one attached hydrogen (secondary N) is 1. The summed E-state index contributed by atoms with van der Waals surface area (Å²) in [6.45, 7) is 2.27. The number of primary amides is 1. The second-order valence-corrected chi connectivity index (χ2v) is 6.20. The second-order valence-electron chi connectivity index (χ2n) is 5.18. The topological polar surface area (TPSA) is 55.1 Å². The lowest BCUT2D eigenvalue weighted by atomic mass is 10.1. The molecule has 1 aromatic carbocycles. The Morgan fingerprint density at radius 3 is 2.89 bits per heavy atom. The lowest BCUT2D eigenvalue weighted by molar-refractivity contribution is -0.115. The van der Waals surface area contributed by atoms with Gasteiger partial charge in [0.15, 0.2) is 0 Å². The molecule has 4 heteroatoms. The van der Waals surface area contributed by atoms with Gasteiger partial charge in [-0.15, -0.1) is 11.8 Å². The van der Waals surface area contributed by atoms with Gasteiger partial charge in [-0.25, -0.2) is 0 Å². The molecule has 0 aromatic heterocycles. The van der Waals surface area contributed by atoms with Gasteiger partial charge in [-0.3, -0.25) is 4.79 Å². The van der Waals surface area contributed by atoms with E-state index in [1.165, 1.54) is 37.4 Å². The SMILES string of the molecule is CCC1CCC(Nc2ccccc2SCC(N)=O)C1. The first-order valence-corrected chi connectivity index (χ1v) is 7.94. The van der Waals surface area contributed by atoms with Crippen molar-refractivity contribution in [1.29, 1.82) is 0 Å². The van der Waals surface area contributed by atoms with Gasteiger partial charge < -0.3 is 11.1 Å². The molecule has 0 radical (unpaired) electrons. The molecule has 1 aromatic rings. The number of para-hydroxylation sites is 1. The summed E-state index contributed by atoms with van der Waals surface area (Å²) in [6, 6.07) is 8.73. The van der Waals surface area contributed by atoms with Crippen LogP contribution in [-0.4, -0.2) is 17.7 Å². The van der Waals surface area contributed by atoms with E-state index in [9.17, 15) is 4.79 Å². The molecule has 1 saturated carbocycles. The average Bonchev–Trinajstić information content (AvgIpc) is 2.85. The maximum atomic E-state index is 10.9. The molecule has 1 aliphatic carbocycles. The maximum absolute atomic E-state index is 10.9. The molecule has 1 aliphatic rings. The first-order valence-electron chi connectivity index (χ1n) is 6.95. The van der Waals surface area contributed by atoms with Gasteiger partial charge in [-0.05, 0) is 37.3 Å². The Morgan fingerprint density at radius 1 is 1.42 bits per heavy atom. The molecule has 1 fully saturated rings. The Balaban J connectivity index is 1.97. The van der Waals surface area contributed by atoms with Crippen molar-refractivity contribution in [1.82, 2.24) is 0 Å². The van der Waals surface area contributed by atoms with Crippen molar-refractivity contribution < 1.29 is 4.79 Å². The van der Waals surface area contributed by atoms with Gasteiger partial charge in [0, 0.05) is 16.6 Å². The van der Waals surface area contributed by atoms with Crippen molar-refractivity contribution >= 4 is 23.4 Å². The third-order valence-corrected chi connectivity index (χ3v) is 4.83. The van der Waals surface area contributed by atoms with Crippen LogP contribution in [0.25, 0.3) is 0 Å². The molecule has 1 amide bonds. The summed E-state index contributed by atoms with van der Waals surface area (Å²) in [5, 5.41) is 3.62. The van der Waals surface area contributed by atoms with Crippen LogP contribution in [0.4, 0.5) is 5.69 Å². The third-order valence-electron chi connectivity index (χ3n) is 3.74. The Bertz CT molecular complexity index is 436. The van der Waals surface area contributed by atoms with Crippen molar-refractivity contribution in [3.05, 3.63) is 24.3 Å². The largest absolute Gasteiger partial charge is 0.381 e. The van der Waals surface area contributed by atoms with E-state index in [-0.39, 0.29) is 5.91 Å². The Morgan fingerprint density at radius 2 is 2.21 bits per heavy atom. The predicted octanol–water partition coefficient (Wildman–Crippen LogP) is 3.25. The highest BCUT2D eigenvalue weighted by Gasteiger charge is 2.23. The molecule has 0 bridgehead atoms. The lowest BCUT2D eigenvalue weighted by Gasteiger charge is -2.17. The molecule has 0 heterocycles. The van der Waals surface area contributed by atoms with Gasteiger partial charge in [-0.1, -0.05) is 25.5 Å². The van der Waals surface area contributed by atoms with Crippen LogP contribution in [0.1, 0.15) is 32.6 Å². The van der Waals surface area contributed by atoms with Gasteiger partial charge in [0.05, 0.1) is 5.75 Å². The zero-order valence-electron chi connectivity index (χ0n) is 11.4. The van der Waals surface area contributed by atoms with E-state index < -0.39 is 0 Å². The summed E-state index contributed by atoms with van der Waals surface area (Å²) in [4.78, 5) is 12.0. The smallest absolute Gasteiger partial charge is 0.227 e. The van der Waals surface area contributed by atoms with Crippen molar-refractivity contribution in [3.63, 3.8) is 0 Å². The fourth-order valence-corrected chi connectivity index (χ4v) is 3.41. The van der Waals surface area contributed by atoms with E-state index in [0.29, 0.717) is 11.8 Å². The molecule has 0 aliphatic heterocycles. The average molecular weight is 278 g/mol. The zero-order valence-corrected chi connectivity index (χ0v) is 12.2. The Labute approximate surface area is 119 Å². The number of hydrogen-bond acceptors (Lipinski definition) is 3. The molecule has 0 saturated heterocycles. The van der Waals surface area contributed by atoms with E-state index in [1.54, 1.807) is 0 Å². The monoisotopic (exact) mass is 278 g/mol.